The van der Waals surface area contributed by atoms with Gasteiger partial charge in [0.15, 0.2) is 0 Å². The molecular formula is C18H26N6O. The number of hydrogen-bond donors (Lipinski definition) is 0. The van der Waals surface area contributed by atoms with Crippen molar-refractivity contribution in [2.45, 2.75) is 12.8 Å². The molecule has 2 aliphatic rings. The third-order valence-corrected chi connectivity index (χ3v) is 5.18. The molecule has 4 heterocycles. The first kappa shape index (κ1) is 16.5. The van der Waals surface area contributed by atoms with Crippen molar-refractivity contribution in [3.05, 3.63) is 24.8 Å². The van der Waals surface area contributed by atoms with Gasteiger partial charge < -0.3 is 9.64 Å². The molecular weight excluding hydrogens is 316 g/mol. The van der Waals surface area contributed by atoms with E-state index >= 15 is 0 Å². The fourth-order valence-corrected chi connectivity index (χ4v) is 3.65. The van der Waals surface area contributed by atoms with Crippen LogP contribution in [-0.2, 0) is 11.8 Å². The molecule has 0 radical (unpaired) electrons. The van der Waals surface area contributed by atoms with Crippen LogP contribution in [0.1, 0.15) is 12.8 Å². The normalized spacial score (nSPS) is 20.1. The Morgan fingerprint density at radius 3 is 2.60 bits per heavy atom. The molecule has 25 heavy (non-hydrogen) atoms. The number of hydrogen-bond acceptors (Lipinski definition) is 6. The van der Waals surface area contributed by atoms with Gasteiger partial charge in [-0.15, -0.1) is 0 Å². The molecule has 2 aromatic heterocycles. The summed E-state index contributed by atoms with van der Waals surface area (Å²) in [5.41, 5.74) is 1.89. The average Bonchev–Trinajstić information content (AvgIpc) is 3.10. The lowest BCUT2D eigenvalue weighted by atomic mass is 9.99. The second-order valence-electron chi connectivity index (χ2n) is 7.01. The Morgan fingerprint density at radius 1 is 1.08 bits per heavy atom. The first-order chi connectivity index (χ1) is 12.3. The van der Waals surface area contributed by atoms with E-state index in [9.17, 15) is 0 Å². The van der Waals surface area contributed by atoms with E-state index < -0.39 is 0 Å². The van der Waals surface area contributed by atoms with Gasteiger partial charge in [-0.1, -0.05) is 0 Å². The molecule has 0 amide bonds. The average molecular weight is 342 g/mol. The smallest absolute Gasteiger partial charge is 0.147 e. The van der Waals surface area contributed by atoms with Gasteiger partial charge in [-0.05, 0) is 18.8 Å². The lowest BCUT2D eigenvalue weighted by Crippen LogP contribution is -2.48. The van der Waals surface area contributed by atoms with E-state index in [1.165, 1.54) is 19.4 Å². The monoisotopic (exact) mass is 342 g/mol. The zero-order chi connectivity index (χ0) is 17.1. The van der Waals surface area contributed by atoms with Gasteiger partial charge in [0, 0.05) is 64.7 Å². The van der Waals surface area contributed by atoms with Crippen molar-refractivity contribution < 1.29 is 4.74 Å². The van der Waals surface area contributed by atoms with Crippen molar-refractivity contribution in [2.75, 3.05) is 50.8 Å². The third-order valence-electron chi connectivity index (χ3n) is 5.18. The van der Waals surface area contributed by atoms with Crippen molar-refractivity contribution in [1.29, 1.82) is 0 Å². The van der Waals surface area contributed by atoms with Crippen LogP contribution in [0.25, 0.3) is 11.3 Å². The van der Waals surface area contributed by atoms with Crippen LogP contribution in [0.2, 0.25) is 0 Å². The van der Waals surface area contributed by atoms with Gasteiger partial charge in [0.1, 0.15) is 5.82 Å². The van der Waals surface area contributed by atoms with Crippen LogP contribution in [0.5, 0.6) is 0 Å². The van der Waals surface area contributed by atoms with Crippen LogP contribution in [0.15, 0.2) is 24.8 Å². The van der Waals surface area contributed by atoms with E-state index in [-0.39, 0.29) is 0 Å². The fourth-order valence-electron chi connectivity index (χ4n) is 3.65. The van der Waals surface area contributed by atoms with E-state index in [1.54, 1.807) is 4.68 Å². The molecule has 0 N–H and O–H groups in total. The van der Waals surface area contributed by atoms with Gasteiger partial charge in [-0.3, -0.25) is 14.6 Å². The number of ether oxygens (including phenoxy) is 1. The zero-order valence-corrected chi connectivity index (χ0v) is 14.8. The second-order valence-corrected chi connectivity index (χ2v) is 7.01. The lowest BCUT2D eigenvalue weighted by Gasteiger charge is -2.37. The van der Waals surface area contributed by atoms with Crippen molar-refractivity contribution in [1.82, 2.24) is 24.6 Å². The molecule has 0 unspecified atom stereocenters. The van der Waals surface area contributed by atoms with Gasteiger partial charge in [0.25, 0.3) is 0 Å². The van der Waals surface area contributed by atoms with Gasteiger partial charge in [0.05, 0.1) is 24.3 Å². The Kier molecular flexibility index (Phi) is 4.94. The van der Waals surface area contributed by atoms with E-state index in [0.717, 1.165) is 62.4 Å². The van der Waals surface area contributed by atoms with Crippen LogP contribution in [0, 0.1) is 5.92 Å². The highest BCUT2D eigenvalue weighted by atomic mass is 16.5. The third kappa shape index (κ3) is 3.99. The maximum absolute atomic E-state index is 5.47. The lowest BCUT2D eigenvalue weighted by molar-refractivity contribution is 0.0517. The van der Waals surface area contributed by atoms with Gasteiger partial charge in [-0.25, -0.2) is 4.98 Å². The molecule has 7 heteroatoms. The summed E-state index contributed by atoms with van der Waals surface area (Å²) in [5, 5.41) is 4.22. The quantitative estimate of drug-likeness (QED) is 0.838. The Morgan fingerprint density at radius 2 is 1.88 bits per heavy atom. The minimum atomic E-state index is 0.800. The highest BCUT2D eigenvalue weighted by Crippen LogP contribution is 2.21. The summed E-state index contributed by atoms with van der Waals surface area (Å²) in [6.45, 7) is 7.27. The highest BCUT2D eigenvalue weighted by molar-refractivity contribution is 5.58. The Hall–Kier alpha value is -1.99. The Balaban J connectivity index is 1.36. The summed E-state index contributed by atoms with van der Waals surface area (Å²) in [5.74, 6) is 1.76. The molecule has 0 atom stereocenters. The summed E-state index contributed by atoms with van der Waals surface area (Å²) < 4.78 is 7.26. The molecule has 2 aromatic rings. The summed E-state index contributed by atoms with van der Waals surface area (Å²) in [6.07, 6.45) is 9.90. The van der Waals surface area contributed by atoms with E-state index in [1.807, 2.05) is 31.8 Å². The largest absolute Gasteiger partial charge is 0.381 e. The molecule has 0 aromatic carbocycles. The predicted octanol–water partition coefficient (Wildman–Crippen LogP) is 1.43. The minimum Gasteiger partial charge on any atom is -0.381 e. The van der Waals surface area contributed by atoms with E-state index in [0.29, 0.717) is 0 Å². The van der Waals surface area contributed by atoms with Crippen LogP contribution in [0.4, 0.5) is 5.82 Å². The van der Waals surface area contributed by atoms with Crippen LogP contribution >= 0.6 is 0 Å². The summed E-state index contributed by atoms with van der Waals surface area (Å²) >= 11 is 0. The number of nitrogens with zero attached hydrogens (tertiary/aromatic N) is 6. The van der Waals surface area contributed by atoms with E-state index in [4.69, 9.17) is 9.72 Å². The van der Waals surface area contributed by atoms with Crippen LogP contribution < -0.4 is 4.90 Å². The molecule has 2 saturated heterocycles. The first-order valence-corrected chi connectivity index (χ1v) is 9.14. The van der Waals surface area contributed by atoms with Crippen molar-refractivity contribution in [3.8, 4) is 11.3 Å². The number of anilines is 1. The molecule has 7 nitrogen and oxygen atoms in total. The first-order valence-electron chi connectivity index (χ1n) is 9.14. The number of aryl methyl sites for hydroxylation is 1. The topological polar surface area (TPSA) is 59.3 Å². The van der Waals surface area contributed by atoms with Crippen molar-refractivity contribution >= 4 is 5.82 Å². The number of aromatic nitrogens is 4. The molecule has 0 saturated carbocycles. The maximum Gasteiger partial charge on any atom is 0.147 e. The standard InChI is InChI=1S/C18H26N6O/c1-22-14-16(10-20-22)17-11-19-12-18(21-17)24-6-4-23(5-7-24)13-15-2-8-25-9-3-15/h10-12,14-15H,2-9,13H2,1H3. The molecule has 2 fully saturated rings. The Bertz CT molecular complexity index is 688. The molecule has 0 bridgehead atoms. The summed E-state index contributed by atoms with van der Waals surface area (Å²) in [4.78, 5) is 14.1. The molecule has 0 aliphatic carbocycles. The summed E-state index contributed by atoms with van der Waals surface area (Å²) in [6, 6.07) is 0. The second kappa shape index (κ2) is 7.49. The van der Waals surface area contributed by atoms with Crippen LogP contribution in [0.3, 0.4) is 0 Å². The Labute approximate surface area is 148 Å². The number of rotatable bonds is 4. The fraction of sp³-hybridized carbons (Fsp3) is 0.611. The molecule has 4 rings (SSSR count). The zero-order valence-electron chi connectivity index (χ0n) is 14.8. The molecule has 0 spiro atoms. The summed E-state index contributed by atoms with van der Waals surface area (Å²) in [7, 11) is 1.92. The predicted molar refractivity (Wildman–Crippen MR) is 96.4 cm³/mol. The van der Waals surface area contributed by atoms with Crippen LogP contribution in [-0.4, -0.2) is 70.6 Å². The van der Waals surface area contributed by atoms with Crippen molar-refractivity contribution in [2.24, 2.45) is 13.0 Å². The highest BCUT2D eigenvalue weighted by Gasteiger charge is 2.22. The van der Waals surface area contributed by atoms with Gasteiger partial charge >= 0.3 is 0 Å². The van der Waals surface area contributed by atoms with E-state index in [2.05, 4.69) is 19.9 Å². The number of piperazine rings is 1. The maximum atomic E-state index is 5.47. The van der Waals surface area contributed by atoms with Crippen molar-refractivity contribution in [3.63, 3.8) is 0 Å². The van der Waals surface area contributed by atoms with Gasteiger partial charge in [-0.2, -0.15) is 5.10 Å². The molecule has 134 valence electrons. The molecule has 2 aliphatic heterocycles. The van der Waals surface area contributed by atoms with Gasteiger partial charge in [0.2, 0.25) is 0 Å². The minimum absolute atomic E-state index is 0.800. The SMILES string of the molecule is Cn1cc(-c2cncc(N3CCN(CC4CCOCC4)CC3)n2)cn1.